The summed E-state index contributed by atoms with van der Waals surface area (Å²) in [5.74, 6) is 1.48. The van der Waals surface area contributed by atoms with Crippen LogP contribution in [0.25, 0.3) is 0 Å². The van der Waals surface area contributed by atoms with Crippen molar-refractivity contribution in [2.24, 2.45) is 4.99 Å². The van der Waals surface area contributed by atoms with E-state index in [4.69, 9.17) is 4.74 Å². The summed E-state index contributed by atoms with van der Waals surface area (Å²) in [5.41, 5.74) is 0.836. The van der Waals surface area contributed by atoms with Crippen molar-refractivity contribution in [3.63, 3.8) is 0 Å². The second-order valence-electron chi connectivity index (χ2n) is 6.17. The van der Waals surface area contributed by atoms with Gasteiger partial charge < -0.3 is 20.5 Å². The molecular weight excluding hydrogens is 475 g/mol. The molecular formula is C19H29IN4O2S. The van der Waals surface area contributed by atoms with Crippen LogP contribution in [0.4, 0.5) is 0 Å². The number of halogens is 1. The number of thiazole rings is 1. The summed E-state index contributed by atoms with van der Waals surface area (Å²) in [5, 5.41) is 17.8. The normalized spacial score (nSPS) is 12.4. The van der Waals surface area contributed by atoms with Gasteiger partial charge in [-0.15, -0.1) is 35.3 Å². The van der Waals surface area contributed by atoms with E-state index in [2.05, 4.69) is 20.6 Å². The number of nitrogens with one attached hydrogen (secondary N) is 2. The van der Waals surface area contributed by atoms with Crippen LogP contribution in [0, 0.1) is 6.92 Å². The van der Waals surface area contributed by atoms with Crippen LogP contribution >= 0.6 is 35.3 Å². The molecule has 0 radical (unpaired) electrons. The first-order valence-corrected chi connectivity index (χ1v) is 9.67. The van der Waals surface area contributed by atoms with Crippen molar-refractivity contribution < 1.29 is 9.84 Å². The minimum Gasteiger partial charge on any atom is -0.491 e. The molecule has 0 fully saturated rings. The predicted molar refractivity (Wildman–Crippen MR) is 122 cm³/mol. The number of aliphatic imine (C=N–C) groups is 1. The Morgan fingerprint density at radius 1 is 1.26 bits per heavy atom. The average Bonchev–Trinajstić information content (AvgIpc) is 3.02. The lowest BCUT2D eigenvalue weighted by Gasteiger charge is -2.16. The van der Waals surface area contributed by atoms with E-state index >= 15 is 0 Å². The Balaban J connectivity index is 0.00000364. The highest BCUT2D eigenvalue weighted by atomic mass is 127. The topological polar surface area (TPSA) is 78.8 Å². The van der Waals surface area contributed by atoms with Crippen molar-refractivity contribution in [3.05, 3.63) is 45.9 Å². The fourth-order valence-corrected chi connectivity index (χ4v) is 3.05. The molecule has 0 aliphatic heterocycles. The van der Waals surface area contributed by atoms with Crippen LogP contribution in [0.2, 0.25) is 0 Å². The third-order valence-corrected chi connectivity index (χ3v) is 4.40. The average molecular weight is 504 g/mol. The summed E-state index contributed by atoms with van der Waals surface area (Å²) in [4.78, 5) is 9.89. The van der Waals surface area contributed by atoms with Gasteiger partial charge in [0.25, 0.3) is 0 Å². The summed E-state index contributed by atoms with van der Waals surface area (Å²) in [7, 11) is 0. The number of rotatable bonds is 8. The molecule has 1 aromatic carbocycles. The third kappa shape index (κ3) is 8.44. The van der Waals surface area contributed by atoms with E-state index in [0.717, 1.165) is 27.7 Å². The molecule has 0 saturated heterocycles. The summed E-state index contributed by atoms with van der Waals surface area (Å²) in [6.07, 6.45) is 1.36. The number of hydrogen-bond donors (Lipinski definition) is 3. The lowest BCUT2D eigenvalue weighted by molar-refractivity contribution is 0.180. The van der Waals surface area contributed by atoms with Crippen LogP contribution in [0.3, 0.4) is 0 Å². The fourth-order valence-electron chi connectivity index (χ4n) is 2.33. The van der Waals surface area contributed by atoms with Crippen molar-refractivity contribution in [2.45, 2.75) is 46.4 Å². The minimum absolute atomic E-state index is 0. The Labute approximate surface area is 182 Å². The minimum atomic E-state index is -0.627. The maximum Gasteiger partial charge on any atom is 0.191 e. The van der Waals surface area contributed by atoms with Crippen molar-refractivity contribution in [2.75, 3.05) is 13.1 Å². The van der Waals surface area contributed by atoms with Crippen molar-refractivity contribution in [3.8, 4) is 5.75 Å². The standard InChI is InChI=1S/C19H28N4O2S.HI/c1-5-20-19(22-11-17-10-21-14(4)26-17)23-12-18(24)15-6-8-16(9-7-15)25-13(2)3;/h6-10,13,18,24H,5,11-12H2,1-4H3,(H2,20,22,23);1H. The molecule has 0 spiro atoms. The molecule has 0 saturated carbocycles. The first-order chi connectivity index (χ1) is 12.5. The van der Waals surface area contributed by atoms with E-state index in [1.54, 1.807) is 11.3 Å². The Hall–Kier alpha value is -1.39. The van der Waals surface area contributed by atoms with Gasteiger partial charge in [0.2, 0.25) is 0 Å². The lowest BCUT2D eigenvalue weighted by Crippen LogP contribution is -2.39. The lowest BCUT2D eigenvalue weighted by atomic mass is 10.1. The first-order valence-electron chi connectivity index (χ1n) is 8.86. The molecule has 0 aliphatic carbocycles. The van der Waals surface area contributed by atoms with Crippen LogP contribution < -0.4 is 15.4 Å². The molecule has 150 valence electrons. The number of aryl methyl sites for hydroxylation is 1. The largest absolute Gasteiger partial charge is 0.491 e. The van der Waals surface area contributed by atoms with Crippen LogP contribution in [0.15, 0.2) is 35.5 Å². The number of aliphatic hydroxyl groups is 1. The predicted octanol–water partition coefficient (Wildman–Crippen LogP) is 3.65. The highest BCUT2D eigenvalue weighted by molar-refractivity contribution is 14.0. The highest BCUT2D eigenvalue weighted by Gasteiger charge is 2.09. The maximum absolute atomic E-state index is 10.4. The molecule has 0 bridgehead atoms. The molecule has 27 heavy (non-hydrogen) atoms. The van der Waals surface area contributed by atoms with Gasteiger partial charge in [-0.1, -0.05) is 12.1 Å². The molecule has 1 aromatic heterocycles. The molecule has 6 nitrogen and oxygen atoms in total. The third-order valence-electron chi connectivity index (χ3n) is 3.51. The van der Waals surface area contributed by atoms with E-state index in [1.807, 2.05) is 58.2 Å². The molecule has 2 rings (SSSR count). The number of benzene rings is 1. The van der Waals surface area contributed by atoms with Gasteiger partial charge in [-0.3, -0.25) is 0 Å². The Bertz CT molecular complexity index is 704. The highest BCUT2D eigenvalue weighted by Crippen LogP contribution is 2.18. The van der Waals surface area contributed by atoms with E-state index in [9.17, 15) is 5.11 Å². The SMILES string of the molecule is CCNC(=NCc1cnc(C)s1)NCC(O)c1ccc(OC(C)C)cc1.I. The number of aliphatic hydroxyl groups excluding tert-OH is 1. The zero-order valence-corrected chi connectivity index (χ0v) is 19.4. The number of nitrogens with zero attached hydrogens (tertiary/aromatic N) is 2. The van der Waals surface area contributed by atoms with Crippen LogP contribution in [0.5, 0.6) is 5.75 Å². The second kappa shape index (κ2) is 12.1. The van der Waals surface area contributed by atoms with Crippen LogP contribution in [-0.4, -0.2) is 35.2 Å². The zero-order chi connectivity index (χ0) is 18.9. The van der Waals surface area contributed by atoms with Crippen LogP contribution in [-0.2, 0) is 6.54 Å². The van der Waals surface area contributed by atoms with E-state index in [0.29, 0.717) is 19.0 Å². The van der Waals surface area contributed by atoms with Crippen LogP contribution in [0.1, 0.15) is 42.3 Å². The quantitative estimate of drug-likeness (QED) is 0.291. The van der Waals surface area contributed by atoms with Gasteiger partial charge in [-0.2, -0.15) is 0 Å². The number of ether oxygens (including phenoxy) is 1. The van der Waals surface area contributed by atoms with Gasteiger partial charge in [-0.05, 0) is 45.4 Å². The molecule has 1 heterocycles. The van der Waals surface area contributed by atoms with E-state index in [1.165, 1.54) is 0 Å². The monoisotopic (exact) mass is 504 g/mol. The van der Waals surface area contributed by atoms with Crippen molar-refractivity contribution in [1.29, 1.82) is 0 Å². The molecule has 0 aliphatic rings. The number of aromatic nitrogens is 1. The maximum atomic E-state index is 10.4. The first kappa shape index (κ1) is 23.6. The number of hydrogen-bond acceptors (Lipinski definition) is 5. The molecule has 1 unspecified atom stereocenters. The van der Waals surface area contributed by atoms with Crippen molar-refractivity contribution in [1.82, 2.24) is 15.6 Å². The van der Waals surface area contributed by atoms with Gasteiger partial charge in [0.15, 0.2) is 5.96 Å². The molecule has 8 heteroatoms. The van der Waals surface area contributed by atoms with E-state index < -0.39 is 6.10 Å². The summed E-state index contributed by atoms with van der Waals surface area (Å²) >= 11 is 1.64. The molecule has 0 amide bonds. The van der Waals surface area contributed by atoms with Gasteiger partial charge in [0, 0.05) is 24.2 Å². The molecule has 2 aromatic rings. The van der Waals surface area contributed by atoms with E-state index in [-0.39, 0.29) is 30.1 Å². The molecule has 3 N–H and O–H groups in total. The smallest absolute Gasteiger partial charge is 0.191 e. The Morgan fingerprint density at radius 2 is 1.96 bits per heavy atom. The second-order valence-corrected chi connectivity index (χ2v) is 7.49. The summed E-state index contributed by atoms with van der Waals surface area (Å²) in [6.45, 7) is 9.66. The summed E-state index contributed by atoms with van der Waals surface area (Å²) in [6, 6.07) is 7.52. The molecule has 1 atom stereocenters. The van der Waals surface area contributed by atoms with Gasteiger partial charge in [0.05, 0.1) is 23.8 Å². The van der Waals surface area contributed by atoms with Gasteiger partial charge >= 0.3 is 0 Å². The number of guanidine groups is 1. The summed E-state index contributed by atoms with van der Waals surface area (Å²) < 4.78 is 5.62. The van der Waals surface area contributed by atoms with Gasteiger partial charge in [0.1, 0.15) is 5.75 Å². The zero-order valence-electron chi connectivity index (χ0n) is 16.2. The van der Waals surface area contributed by atoms with Crippen molar-refractivity contribution >= 4 is 41.3 Å². The fraction of sp³-hybridized carbons (Fsp3) is 0.474. The Morgan fingerprint density at radius 3 is 2.52 bits per heavy atom. The van der Waals surface area contributed by atoms with Gasteiger partial charge in [-0.25, -0.2) is 9.98 Å². The Kier molecular flexibility index (Phi) is 10.6.